The van der Waals surface area contributed by atoms with E-state index in [4.69, 9.17) is 9.47 Å². The van der Waals surface area contributed by atoms with Gasteiger partial charge in [-0.1, -0.05) is 0 Å². The molecule has 0 aromatic carbocycles. The molecule has 0 bridgehead atoms. The van der Waals surface area contributed by atoms with Crippen molar-refractivity contribution in [1.29, 1.82) is 0 Å². The molecular formula is C19H35N5O3S. The van der Waals surface area contributed by atoms with Gasteiger partial charge in [-0.15, -0.1) is 0 Å². The van der Waals surface area contributed by atoms with E-state index in [1.807, 2.05) is 32.5 Å². The summed E-state index contributed by atoms with van der Waals surface area (Å²) in [4.78, 5) is 20.8. The van der Waals surface area contributed by atoms with Crippen molar-refractivity contribution in [3.63, 3.8) is 0 Å². The van der Waals surface area contributed by atoms with Crippen LogP contribution in [0.5, 0.6) is 0 Å². The number of carbonyl (C=O) groups is 1. The Kier molecular flexibility index (Phi) is 6.98. The van der Waals surface area contributed by atoms with Crippen molar-refractivity contribution in [1.82, 2.24) is 20.4 Å². The standard InChI is InChI=1S/C19H35N5O3S/c1-18(2,3)27-17(25)23-11-15(12-23)22-16(20-4)21-13-19(5-10-28-14-19)24-6-8-26-9-7-24/h15H,5-14H2,1-4H3,(H2,20,21,22). The van der Waals surface area contributed by atoms with E-state index in [-0.39, 0.29) is 17.7 Å². The highest BCUT2D eigenvalue weighted by atomic mass is 32.2. The number of nitrogens with zero attached hydrogens (tertiary/aromatic N) is 3. The second-order valence-corrected chi connectivity index (χ2v) is 9.88. The van der Waals surface area contributed by atoms with Gasteiger partial charge in [0.1, 0.15) is 5.60 Å². The Labute approximate surface area is 172 Å². The molecule has 3 aliphatic heterocycles. The number of likely N-dealkylation sites (tertiary alicyclic amines) is 1. The number of morpholine rings is 1. The van der Waals surface area contributed by atoms with Gasteiger partial charge in [0.05, 0.1) is 19.3 Å². The number of rotatable bonds is 4. The molecule has 2 N–H and O–H groups in total. The zero-order valence-electron chi connectivity index (χ0n) is 17.6. The van der Waals surface area contributed by atoms with Crippen LogP contribution in [-0.4, -0.2) is 104 Å². The Hall–Kier alpha value is -1.19. The van der Waals surface area contributed by atoms with Gasteiger partial charge in [0.2, 0.25) is 0 Å². The van der Waals surface area contributed by atoms with Crippen LogP contribution in [0.25, 0.3) is 0 Å². The Morgan fingerprint density at radius 3 is 2.61 bits per heavy atom. The van der Waals surface area contributed by atoms with E-state index in [1.54, 1.807) is 11.9 Å². The zero-order valence-corrected chi connectivity index (χ0v) is 18.4. The number of amides is 1. The molecule has 0 spiro atoms. The lowest BCUT2D eigenvalue weighted by Crippen LogP contribution is -2.65. The van der Waals surface area contributed by atoms with E-state index < -0.39 is 5.60 Å². The number of nitrogens with one attached hydrogen (secondary N) is 2. The van der Waals surface area contributed by atoms with Crippen LogP contribution in [0.1, 0.15) is 27.2 Å². The fourth-order valence-corrected chi connectivity index (χ4v) is 5.29. The molecule has 1 unspecified atom stereocenters. The van der Waals surface area contributed by atoms with Gasteiger partial charge in [-0.2, -0.15) is 11.8 Å². The summed E-state index contributed by atoms with van der Waals surface area (Å²) in [7, 11) is 1.80. The number of ether oxygens (including phenoxy) is 2. The SMILES string of the molecule is CN=C(NCC1(N2CCOCC2)CCSC1)NC1CN(C(=O)OC(C)(C)C)C1. The minimum absolute atomic E-state index is 0.175. The lowest BCUT2D eigenvalue weighted by Gasteiger charge is -2.44. The highest BCUT2D eigenvalue weighted by molar-refractivity contribution is 7.99. The third-order valence-electron chi connectivity index (χ3n) is 5.45. The van der Waals surface area contributed by atoms with E-state index in [2.05, 4.69) is 20.5 Å². The van der Waals surface area contributed by atoms with Crippen molar-refractivity contribution in [2.45, 2.75) is 44.4 Å². The average molecular weight is 414 g/mol. The van der Waals surface area contributed by atoms with E-state index in [9.17, 15) is 4.79 Å². The molecule has 0 aromatic heterocycles. The lowest BCUT2D eigenvalue weighted by atomic mass is 9.95. The first-order valence-corrected chi connectivity index (χ1v) is 11.3. The molecule has 9 heteroatoms. The summed E-state index contributed by atoms with van der Waals surface area (Å²) in [6.45, 7) is 11.5. The van der Waals surface area contributed by atoms with Gasteiger partial charge >= 0.3 is 6.09 Å². The summed E-state index contributed by atoms with van der Waals surface area (Å²) in [6, 6.07) is 0.205. The maximum atomic E-state index is 12.1. The van der Waals surface area contributed by atoms with Gasteiger partial charge < -0.3 is 25.0 Å². The first-order valence-electron chi connectivity index (χ1n) is 10.2. The van der Waals surface area contributed by atoms with E-state index in [0.29, 0.717) is 13.1 Å². The molecule has 0 radical (unpaired) electrons. The number of aliphatic imine (C=N–C) groups is 1. The molecule has 0 aliphatic carbocycles. The number of thioether (sulfide) groups is 1. The molecule has 1 atom stereocenters. The molecule has 3 saturated heterocycles. The van der Waals surface area contributed by atoms with E-state index >= 15 is 0 Å². The van der Waals surface area contributed by atoms with Crippen LogP contribution in [0.15, 0.2) is 4.99 Å². The van der Waals surface area contributed by atoms with E-state index in [1.165, 1.54) is 12.2 Å². The molecule has 3 aliphatic rings. The molecule has 1 amide bonds. The quantitative estimate of drug-likeness (QED) is 0.525. The normalized spacial score (nSPS) is 27.4. The molecule has 0 aromatic rings. The number of hydrogen-bond donors (Lipinski definition) is 2. The number of hydrogen-bond acceptors (Lipinski definition) is 6. The Morgan fingerprint density at radius 1 is 1.32 bits per heavy atom. The number of guanidine groups is 1. The summed E-state index contributed by atoms with van der Waals surface area (Å²) in [5.74, 6) is 3.16. The van der Waals surface area contributed by atoms with Crippen LogP contribution in [0.2, 0.25) is 0 Å². The smallest absolute Gasteiger partial charge is 0.410 e. The zero-order chi connectivity index (χ0) is 20.2. The predicted octanol–water partition coefficient (Wildman–Crippen LogP) is 0.979. The van der Waals surface area contributed by atoms with Gasteiger partial charge in [0.15, 0.2) is 5.96 Å². The summed E-state index contributed by atoms with van der Waals surface area (Å²) < 4.78 is 10.9. The highest BCUT2D eigenvalue weighted by Crippen LogP contribution is 2.33. The fourth-order valence-electron chi connectivity index (χ4n) is 3.82. The molecule has 3 rings (SSSR count). The molecule has 0 saturated carbocycles. The molecule has 3 fully saturated rings. The van der Waals surface area contributed by atoms with Crippen molar-refractivity contribution >= 4 is 23.8 Å². The summed E-state index contributed by atoms with van der Waals surface area (Å²) in [6.07, 6.45) is 0.945. The van der Waals surface area contributed by atoms with Crippen molar-refractivity contribution in [2.24, 2.45) is 4.99 Å². The summed E-state index contributed by atoms with van der Waals surface area (Å²) in [5.41, 5.74) is -0.283. The summed E-state index contributed by atoms with van der Waals surface area (Å²) >= 11 is 2.03. The van der Waals surface area contributed by atoms with Crippen molar-refractivity contribution in [2.75, 3.05) is 64.5 Å². The monoisotopic (exact) mass is 413 g/mol. The average Bonchev–Trinajstić information content (AvgIpc) is 3.09. The van der Waals surface area contributed by atoms with Crippen LogP contribution in [0.3, 0.4) is 0 Å². The van der Waals surface area contributed by atoms with Crippen molar-refractivity contribution in [3.8, 4) is 0 Å². The topological polar surface area (TPSA) is 78.4 Å². The lowest BCUT2D eigenvalue weighted by molar-refractivity contribution is -0.0121. The van der Waals surface area contributed by atoms with Gasteiger partial charge in [0.25, 0.3) is 0 Å². The summed E-state index contributed by atoms with van der Waals surface area (Å²) in [5, 5.41) is 6.97. The van der Waals surface area contributed by atoms with Crippen LogP contribution in [0, 0.1) is 0 Å². The third kappa shape index (κ3) is 5.45. The molecular weight excluding hydrogens is 378 g/mol. The first kappa shape index (κ1) is 21.5. The third-order valence-corrected chi connectivity index (χ3v) is 6.68. The Morgan fingerprint density at radius 2 is 2.04 bits per heavy atom. The van der Waals surface area contributed by atoms with Gasteiger partial charge in [-0.3, -0.25) is 9.89 Å². The van der Waals surface area contributed by atoms with Gasteiger partial charge in [0, 0.05) is 51.1 Å². The van der Waals surface area contributed by atoms with Crippen LogP contribution < -0.4 is 10.6 Å². The molecule has 8 nitrogen and oxygen atoms in total. The first-order chi connectivity index (χ1) is 13.3. The minimum Gasteiger partial charge on any atom is -0.444 e. The second-order valence-electron chi connectivity index (χ2n) is 8.78. The second kappa shape index (κ2) is 9.09. The van der Waals surface area contributed by atoms with Crippen molar-refractivity contribution < 1.29 is 14.3 Å². The molecule has 160 valence electrons. The highest BCUT2D eigenvalue weighted by Gasteiger charge is 2.41. The molecule has 28 heavy (non-hydrogen) atoms. The number of carbonyl (C=O) groups excluding carboxylic acids is 1. The minimum atomic E-state index is -0.458. The van der Waals surface area contributed by atoms with Crippen LogP contribution in [0.4, 0.5) is 4.79 Å². The maximum absolute atomic E-state index is 12.1. The van der Waals surface area contributed by atoms with E-state index in [0.717, 1.165) is 44.6 Å². The predicted molar refractivity (Wildman–Crippen MR) is 113 cm³/mol. The van der Waals surface area contributed by atoms with Crippen LogP contribution >= 0.6 is 11.8 Å². The fraction of sp³-hybridized carbons (Fsp3) is 0.895. The van der Waals surface area contributed by atoms with Crippen molar-refractivity contribution in [3.05, 3.63) is 0 Å². The van der Waals surface area contributed by atoms with Gasteiger partial charge in [-0.25, -0.2) is 4.79 Å². The van der Waals surface area contributed by atoms with Gasteiger partial charge in [-0.05, 0) is 32.9 Å². The Balaban J connectivity index is 1.45. The van der Waals surface area contributed by atoms with Crippen LogP contribution in [-0.2, 0) is 9.47 Å². The maximum Gasteiger partial charge on any atom is 0.410 e. The Bertz CT molecular complexity index is 562. The largest absolute Gasteiger partial charge is 0.444 e. The molecule has 3 heterocycles.